The number of aromatic hydroxyl groups is 1. The number of carboxylic acid groups (broad SMARTS) is 1. The highest BCUT2D eigenvalue weighted by Crippen LogP contribution is 2.34. The molecule has 0 saturated carbocycles. The second-order valence-electron chi connectivity index (χ2n) is 8.89. The van der Waals surface area contributed by atoms with Crippen LogP contribution in [-0.4, -0.2) is 56.7 Å². The van der Waals surface area contributed by atoms with Gasteiger partial charge in [-0.1, -0.05) is 20.8 Å². The van der Waals surface area contributed by atoms with Gasteiger partial charge in [-0.2, -0.15) is 0 Å². The Morgan fingerprint density at radius 3 is 2.52 bits per heavy atom. The zero-order valence-electron chi connectivity index (χ0n) is 18.3. The van der Waals surface area contributed by atoms with Crippen molar-refractivity contribution >= 4 is 28.3 Å². The van der Waals surface area contributed by atoms with Crippen LogP contribution in [0.3, 0.4) is 0 Å². The van der Waals surface area contributed by atoms with Crippen molar-refractivity contribution < 1.29 is 19.8 Å². The van der Waals surface area contributed by atoms with E-state index in [9.17, 15) is 14.7 Å². The first-order valence-electron chi connectivity index (χ1n) is 10.3. The second-order valence-corrected chi connectivity index (χ2v) is 9.90. The van der Waals surface area contributed by atoms with E-state index in [1.807, 2.05) is 6.20 Å². The number of nitrogens with one attached hydrogen (secondary N) is 1. The van der Waals surface area contributed by atoms with E-state index in [4.69, 9.17) is 5.11 Å². The summed E-state index contributed by atoms with van der Waals surface area (Å²) in [6.07, 6.45) is 4.47. The maximum atomic E-state index is 12.2. The summed E-state index contributed by atoms with van der Waals surface area (Å²) in [5, 5.41) is 22.2. The number of amides is 1. The van der Waals surface area contributed by atoms with Gasteiger partial charge in [-0.15, -0.1) is 11.3 Å². The summed E-state index contributed by atoms with van der Waals surface area (Å²) in [7, 11) is 0. The maximum Gasteiger partial charge on any atom is 0.322 e. The molecule has 1 amide bonds. The van der Waals surface area contributed by atoms with Crippen LogP contribution in [0, 0.1) is 12.8 Å². The summed E-state index contributed by atoms with van der Waals surface area (Å²) in [4.78, 5) is 39.6. The van der Waals surface area contributed by atoms with E-state index in [2.05, 4.69) is 45.9 Å². The number of rotatable bonds is 6. The Labute approximate surface area is 185 Å². The third-order valence-corrected chi connectivity index (χ3v) is 6.79. The third-order valence-electron chi connectivity index (χ3n) is 5.31. The molecule has 10 heteroatoms. The summed E-state index contributed by atoms with van der Waals surface area (Å²) in [6.45, 7) is 9.41. The number of hydrogen-bond donors (Lipinski definition) is 3. The minimum atomic E-state index is -1.17. The summed E-state index contributed by atoms with van der Waals surface area (Å²) in [6, 6.07) is 0. The molecule has 31 heavy (non-hydrogen) atoms. The molecule has 0 spiro atoms. The number of carbonyl (C=O) groups excluding carboxylic acids is 1. The Bertz CT molecular complexity index is 961. The maximum absolute atomic E-state index is 12.2. The van der Waals surface area contributed by atoms with Crippen LogP contribution in [0.2, 0.25) is 0 Å². The molecule has 9 nitrogen and oxygen atoms in total. The van der Waals surface area contributed by atoms with Crippen LogP contribution in [0.1, 0.15) is 60.5 Å². The summed E-state index contributed by atoms with van der Waals surface area (Å²) in [5.41, 5.74) is 0.218. The van der Waals surface area contributed by atoms with Gasteiger partial charge in [0, 0.05) is 30.6 Å². The molecule has 0 unspecified atom stereocenters. The average molecular weight is 448 g/mol. The summed E-state index contributed by atoms with van der Waals surface area (Å²) < 4.78 is 0. The lowest BCUT2D eigenvalue weighted by Gasteiger charge is -2.31. The molecule has 0 aromatic carbocycles. The molecule has 3 heterocycles. The van der Waals surface area contributed by atoms with Gasteiger partial charge in [-0.05, 0) is 31.1 Å². The minimum Gasteiger partial charge on any atom is -0.504 e. The zero-order chi connectivity index (χ0) is 22.8. The van der Waals surface area contributed by atoms with Crippen molar-refractivity contribution in [2.24, 2.45) is 5.92 Å². The molecule has 0 aliphatic carbocycles. The van der Waals surface area contributed by atoms with Crippen LogP contribution in [0.15, 0.2) is 6.20 Å². The molecular weight excluding hydrogens is 418 g/mol. The lowest BCUT2D eigenvalue weighted by Crippen LogP contribution is -2.34. The molecule has 1 aliphatic heterocycles. The van der Waals surface area contributed by atoms with Crippen molar-refractivity contribution in [2.75, 3.05) is 24.5 Å². The SMILES string of the molecule is Cc1nc(CC2CCN(c3ncc(C(C)(C)C)s3)CC2)nc(C(=O)NCC(=O)O)c1O. The number of carboxylic acids is 1. The molecule has 2 aromatic heterocycles. The highest BCUT2D eigenvalue weighted by Gasteiger charge is 2.26. The van der Waals surface area contributed by atoms with E-state index in [1.54, 1.807) is 18.3 Å². The molecule has 168 valence electrons. The Morgan fingerprint density at radius 1 is 1.26 bits per heavy atom. The van der Waals surface area contributed by atoms with E-state index < -0.39 is 18.4 Å². The lowest BCUT2D eigenvalue weighted by atomic mass is 9.93. The van der Waals surface area contributed by atoms with E-state index in [-0.39, 0.29) is 16.9 Å². The van der Waals surface area contributed by atoms with Crippen molar-refractivity contribution in [3.05, 3.63) is 28.3 Å². The van der Waals surface area contributed by atoms with E-state index >= 15 is 0 Å². The number of carbonyl (C=O) groups is 2. The molecule has 0 bridgehead atoms. The van der Waals surface area contributed by atoms with Crippen LogP contribution in [0.25, 0.3) is 0 Å². The molecule has 3 N–H and O–H groups in total. The third kappa shape index (κ3) is 5.69. The largest absolute Gasteiger partial charge is 0.504 e. The van der Waals surface area contributed by atoms with Crippen LogP contribution in [0.4, 0.5) is 5.13 Å². The van der Waals surface area contributed by atoms with Crippen LogP contribution >= 0.6 is 11.3 Å². The number of aliphatic carboxylic acids is 1. The first-order valence-corrected chi connectivity index (χ1v) is 11.1. The Kier molecular flexibility index (Phi) is 6.78. The molecule has 1 fully saturated rings. The molecule has 2 aromatic rings. The normalized spacial score (nSPS) is 15.2. The van der Waals surface area contributed by atoms with Gasteiger partial charge in [0.15, 0.2) is 16.6 Å². The fourth-order valence-electron chi connectivity index (χ4n) is 3.46. The van der Waals surface area contributed by atoms with Crippen LogP contribution in [0.5, 0.6) is 5.75 Å². The number of anilines is 1. The van der Waals surface area contributed by atoms with E-state index in [1.165, 1.54) is 4.88 Å². The smallest absolute Gasteiger partial charge is 0.322 e. The zero-order valence-corrected chi connectivity index (χ0v) is 19.1. The highest BCUT2D eigenvalue weighted by molar-refractivity contribution is 7.15. The predicted molar refractivity (Wildman–Crippen MR) is 118 cm³/mol. The number of piperidine rings is 1. The molecule has 1 aliphatic rings. The van der Waals surface area contributed by atoms with Crippen LogP contribution < -0.4 is 10.2 Å². The van der Waals surface area contributed by atoms with Gasteiger partial charge in [0.1, 0.15) is 12.4 Å². The predicted octanol–water partition coefficient (Wildman–Crippen LogP) is 2.52. The molecular formula is C21H29N5O4S. The van der Waals surface area contributed by atoms with Gasteiger partial charge in [-0.3, -0.25) is 9.59 Å². The van der Waals surface area contributed by atoms with Crippen molar-refractivity contribution in [3.63, 3.8) is 0 Å². The van der Waals surface area contributed by atoms with E-state index in [0.717, 1.165) is 31.1 Å². The number of nitrogens with zero attached hydrogens (tertiary/aromatic N) is 4. The molecule has 1 saturated heterocycles. The van der Waals surface area contributed by atoms with Crippen molar-refractivity contribution in [1.82, 2.24) is 20.3 Å². The fourth-order valence-corrected chi connectivity index (χ4v) is 4.48. The highest BCUT2D eigenvalue weighted by atomic mass is 32.1. The summed E-state index contributed by atoms with van der Waals surface area (Å²) in [5.74, 6) is -1.36. The van der Waals surface area contributed by atoms with Crippen molar-refractivity contribution in [1.29, 1.82) is 0 Å². The first kappa shape index (κ1) is 22.9. The monoisotopic (exact) mass is 447 g/mol. The lowest BCUT2D eigenvalue weighted by molar-refractivity contribution is -0.135. The Morgan fingerprint density at radius 2 is 1.94 bits per heavy atom. The van der Waals surface area contributed by atoms with Crippen molar-refractivity contribution in [3.8, 4) is 5.75 Å². The van der Waals surface area contributed by atoms with Gasteiger partial charge in [-0.25, -0.2) is 15.0 Å². The van der Waals surface area contributed by atoms with Gasteiger partial charge < -0.3 is 20.4 Å². The Balaban J connectivity index is 1.63. The molecule has 0 atom stereocenters. The second kappa shape index (κ2) is 9.17. The molecule has 3 rings (SSSR count). The van der Waals surface area contributed by atoms with E-state index in [0.29, 0.717) is 23.9 Å². The van der Waals surface area contributed by atoms with Gasteiger partial charge in [0.05, 0.1) is 5.69 Å². The molecule has 0 radical (unpaired) electrons. The van der Waals surface area contributed by atoms with Crippen molar-refractivity contribution in [2.45, 2.75) is 52.4 Å². The topological polar surface area (TPSA) is 129 Å². The average Bonchev–Trinajstić information content (AvgIpc) is 3.20. The van der Waals surface area contributed by atoms with Gasteiger partial charge in [0.2, 0.25) is 0 Å². The summed E-state index contributed by atoms with van der Waals surface area (Å²) >= 11 is 1.74. The van der Waals surface area contributed by atoms with Crippen LogP contribution in [-0.2, 0) is 16.6 Å². The standard InChI is InChI=1S/C21H29N5O4S/c1-12-18(29)17(19(30)22-11-16(27)28)25-15(24-12)9-13-5-7-26(8-6-13)20-23-10-14(31-20)21(2,3)4/h10,13,29H,5-9,11H2,1-4H3,(H,22,30)(H,27,28). The number of aromatic nitrogens is 3. The van der Waals surface area contributed by atoms with Gasteiger partial charge in [0.25, 0.3) is 5.91 Å². The minimum absolute atomic E-state index is 0.0940. The first-order chi connectivity index (χ1) is 14.5. The van der Waals surface area contributed by atoms with Gasteiger partial charge >= 0.3 is 5.97 Å². The Hall–Kier alpha value is -2.75. The number of hydrogen-bond acceptors (Lipinski definition) is 8. The number of thiazole rings is 1. The quantitative estimate of drug-likeness (QED) is 0.616. The number of aryl methyl sites for hydroxylation is 1. The fraction of sp³-hybridized carbons (Fsp3) is 0.571.